The van der Waals surface area contributed by atoms with E-state index in [1.807, 2.05) is 6.07 Å². The molecule has 0 amide bonds. The Balaban J connectivity index is 1.61. The first kappa shape index (κ1) is 18.1. The Kier molecular flexibility index (Phi) is 5.54. The van der Waals surface area contributed by atoms with Crippen LogP contribution in [0, 0.1) is 11.3 Å². The van der Waals surface area contributed by atoms with Gasteiger partial charge in [-0.25, -0.2) is 18.5 Å². The summed E-state index contributed by atoms with van der Waals surface area (Å²) in [4.78, 5) is 6.45. The molecular weight excluding hydrogens is 342 g/mol. The second kappa shape index (κ2) is 7.66. The first-order valence-corrected chi connectivity index (χ1v) is 10.0. The summed E-state index contributed by atoms with van der Waals surface area (Å²) in [5, 5.41) is 17.6. The minimum Gasteiger partial charge on any atom is -0.379 e. The van der Waals surface area contributed by atoms with Crippen LogP contribution in [0.15, 0.2) is 17.2 Å². The SMILES string of the molecule is N#Cc1cc(S(N)(=O)=O)cnc1N[C@H]1CC[C@H](N2CCOCC2)CC1. The normalized spacial score (nSPS) is 25.3. The summed E-state index contributed by atoms with van der Waals surface area (Å²) < 4.78 is 28.2. The van der Waals surface area contributed by atoms with Crippen molar-refractivity contribution < 1.29 is 13.2 Å². The molecule has 0 unspecified atom stereocenters. The third-order valence-electron chi connectivity index (χ3n) is 4.91. The van der Waals surface area contributed by atoms with Crippen LogP contribution < -0.4 is 10.5 Å². The van der Waals surface area contributed by atoms with Gasteiger partial charge in [0.1, 0.15) is 16.8 Å². The van der Waals surface area contributed by atoms with Gasteiger partial charge in [-0.05, 0) is 31.7 Å². The molecular formula is C16H23N5O3S. The third-order valence-corrected chi connectivity index (χ3v) is 5.79. The van der Waals surface area contributed by atoms with E-state index in [2.05, 4.69) is 15.2 Å². The van der Waals surface area contributed by atoms with E-state index in [0.717, 1.165) is 52.0 Å². The number of sulfonamides is 1. The highest BCUT2D eigenvalue weighted by atomic mass is 32.2. The van der Waals surface area contributed by atoms with Crippen molar-refractivity contribution in [2.45, 2.75) is 42.7 Å². The van der Waals surface area contributed by atoms with Crippen molar-refractivity contribution in [3.8, 4) is 6.07 Å². The quantitative estimate of drug-likeness (QED) is 0.803. The number of nitriles is 1. The van der Waals surface area contributed by atoms with E-state index in [9.17, 15) is 13.7 Å². The van der Waals surface area contributed by atoms with Crippen LogP contribution in [0.3, 0.4) is 0 Å². The lowest BCUT2D eigenvalue weighted by atomic mass is 9.90. The Morgan fingerprint density at radius 1 is 1.28 bits per heavy atom. The average molecular weight is 365 g/mol. The number of pyridine rings is 1. The van der Waals surface area contributed by atoms with E-state index >= 15 is 0 Å². The Labute approximate surface area is 148 Å². The standard InChI is InChI=1S/C16H23N5O3S/c17-10-12-9-15(25(18,22)23)11-19-16(12)20-13-1-3-14(4-2-13)21-5-7-24-8-6-21/h9,11,13-14H,1-8H2,(H,19,20)(H2,18,22,23)/t13-,14-. The fraction of sp³-hybridized carbons (Fsp3) is 0.625. The second-order valence-corrected chi connectivity index (χ2v) is 8.08. The molecule has 1 aliphatic carbocycles. The zero-order chi connectivity index (χ0) is 17.9. The van der Waals surface area contributed by atoms with Crippen LogP contribution in [-0.2, 0) is 14.8 Å². The Morgan fingerprint density at radius 2 is 1.96 bits per heavy atom. The van der Waals surface area contributed by atoms with Gasteiger partial charge >= 0.3 is 0 Å². The van der Waals surface area contributed by atoms with Crippen molar-refractivity contribution >= 4 is 15.8 Å². The van der Waals surface area contributed by atoms with Gasteiger partial charge in [0, 0.05) is 31.4 Å². The van der Waals surface area contributed by atoms with Crippen LogP contribution in [0.2, 0.25) is 0 Å². The fourth-order valence-corrected chi connectivity index (χ4v) is 4.00. The predicted octanol–water partition coefficient (Wildman–Crippen LogP) is 0.656. The smallest absolute Gasteiger partial charge is 0.239 e. The molecule has 25 heavy (non-hydrogen) atoms. The van der Waals surface area contributed by atoms with Crippen molar-refractivity contribution in [1.82, 2.24) is 9.88 Å². The van der Waals surface area contributed by atoms with Crippen LogP contribution in [0.25, 0.3) is 0 Å². The number of primary sulfonamides is 1. The maximum atomic E-state index is 11.4. The van der Waals surface area contributed by atoms with Crippen molar-refractivity contribution in [3.63, 3.8) is 0 Å². The van der Waals surface area contributed by atoms with Gasteiger partial charge in [-0.15, -0.1) is 0 Å². The fourth-order valence-electron chi connectivity index (χ4n) is 3.52. The molecule has 8 nitrogen and oxygen atoms in total. The number of nitrogens with two attached hydrogens (primary N) is 1. The minimum atomic E-state index is -3.86. The van der Waals surface area contributed by atoms with Crippen molar-refractivity contribution in [2.75, 3.05) is 31.6 Å². The molecule has 1 aromatic rings. The number of ether oxygens (including phenoxy) is 1. The third kappa shape index (κ3) is 4.46. The molecule has 136 valence electrons. The summed E-state index contributed by atoms with van der Waals surface area (Å²) in [7, 11) is -3.86. The number of hydrogen-bond acceptors (Lipinski definition) is 7. The number of anilines is 1. The maximum absolute atomic E-state index is 11.4. The molecule has 0 bridgehead atoms. The van der Waals surface area contributed by atoms with Gasteiger partial charge in [0.05, 0.1) is 18.8 Å². The van der Waals surface area contributed by atoms with E-state index in [1.165, 1.54) is 12.3 Å². The topological polar surface area (TPSA) is 121 Å². The largest absolute Gasteiger partial charge is 0.379 e. The molecule has 1 aliphatic heterocycles. The Bertz CT molecular complexity index is 748. The summed E-state index contributed by atoms with van der Waals surface area (Å²) in [6, 6.07) is 4.09. The molecule has 0 spiro atoms. The highest BCUT2D eigenvalue weighted by Crippen LogP contribution is 2.27. The maximum Gasteiger partial charge on any atom is 0.239 e. The number of morpholine rings is 1. The zero-order valence-electron chi connectivity index (χ0n) is 14.0. The molecule has 3 N–H and O–H groups in total. The number of nitrogens with zero attached hydrogens (tertiary/aromatic N) is 3. The lowest BCUT2D eigenvalue weighted by Crippen LogP contribution is -2.46. The van der Waals surface area contributed by atoms with Crippen LogP contribution in [0.1, 0.15) is 31.2 Å². The van der Waals surface area contributed by atoms with Crippen molar-refractivity contribution in [1.29, 1.82) is 5.26 Å². The zero-order valence-corrected chi connectivity index (χ0v) is 14.8. The molecule has 2 fully saturated rings. The van der Waals surface area contributed by atoms with Gasteiger partial charge in [0.2, 0.25) is 10.0 Å². The number of hydrogen-bond donors (Lipinski definition) is 2. The lowest BCUT2D eigenvalue weighted by Gasteiger charge is -2.39. The van der Waals surface area contributed by atoms with Gasteiger partial charge in [0.15, 0.2) is 0 Å². The predicted molar refractivity (Wildman–Crippen MR) is 92.4 cm³/mol. The Morgan fingerprint density at radius 3 is 2.56 bits per heavy atom. The monoisotopic (exact) mass is 365 g/mol. The lowest BCUT2D eigenvalue weighted by molar-refractivity contribution is 0.00790. The number of rotatable bonds is 4. The molecule has 0 aromatic carbocycles. The molecule has 1 saturated heterocycles. The van der Waals surface area contributed by atoms with Gasteiger partial charge in [-0.3, -0.25) is 4.90 Å². The van der Waals surface area contributed by atoms with Gasteiger partial charge < -0.3 is 10.1 Å². The molecule has 1 saturated carbocycles. The van der Waals surface area contributed by atoms with Crippen LogP contribution >= 0.6 is 0 Å². The molecule has 2 aliphatic rings. The molecule has 1 aromatic heterocycles. The number of nitrogens with one attached hydrogen (secondary N) is 1. The second-order valence-electron chi connectivity index (χ2n) is 6.52. The minimum absolute atomic E-state index is 0.148. The highest BCUT2D eigenvalue weighted by molar-refractivity contribution is 7.89. The van der Waals surface area contributed by atoms with Crippen LogP contribution in [0.4, 0.5) is 5.82 Å². The van der Waals surface area contributed by atoms with E-state index in [1.54, 1.807) is 0 Å². The van der Waals surface area contributed by atoms with E-state index < -0.39 is 10.0 Å². The summed E-state index contributed by atoms with van der Waals surface area (Å²) >= 11 is 0. The molecule has 9 heteroatoms. The molecule has 2 heterocycles. The highest BCUT2D eigenvalue weighted by Gasteiger charge is 2.27. The molecule has 3 rings (SSSR count). The van der Waals surface area contributed by atoms with Gasteiger partial charge in [-0.1, -0.05) is 0 Å². The first-order valence-electron chi connectivity index (χ1n) is 8.48. The van der Waals surface area contributed by atoms with E-state index in [4.69, 9.17) is 9.88 Å². The van der Waals surface area contributed by atoms with Gasteiger partial charge in [0.25, 0.3) is 0 Å². The summed E-state index contributed by atoms with van der Waals surface area (Å²) in [6.07, 6.45) is 5.36. The van der Waals surface area contributed by atoms with E-state index in [-0.39, 0.29) is 16.5 Å². The summed E-state index contributed by atoms with van der Waals surface area (Å²) in [5.41, 5.74) is 0.196. The molecule has 0 radical (unpaired) electrons. The summed E-state index contributed by atoms with van der Waals surface area (Å²) in [6.45, 7) is 3.61. The average Bonchev–Trinajstić information content (AvgIpc) is 2.62. The first-order chi connectivity index (χ1) is 12.0. The van der Waals surface area contributed by atoms with Crippen molar-refractivity contribution in [3.05, 3.63) is 17.8 Å². The van der Waals surface area contributed by atoms with Gasteiger partial charge in [-0.2, -0.15) is 5.26 Å². The van der Waals surface area contributed by atoms with Crippen molar-refractivity contribution in [2.24, 2.45) is 5.14 Å². The Hall–Kier alpha value is -1.73. The molecule has 0 atom stereocenters. The number of aromatic nitrogens is 1. The van der Waals surface area contributed by atoms with E-state index in [0.29, 0.717) is 11.9 Å². The van der Waals surface area contributed by atoms with Crippen LogP contribution in [-0.4, -0.2) is 56.7 Å². The van der Waals surface area contributed by atoms with Crippen LogP contribution in [0.5, 0.6) is 0 Å². The summed E-state index contributed by atoms with van der Waals surface area (Å²) in [5.74, 6) is 0.421.